The van der Waals surface area contributed by atoms with Gasteiger partial charge in [-0.25, -0.2) is 0 Å². The maximum atomic E-state index is 4.33. The van der Waals surface area contributed by atoms with E-state index in [1.807, 2.05) is 0 Å². The van der Waals surface area contributed by atoms with Gasteiger partial charge in [0, 0.05) is 24.6 Å². The van der Waals surface area contributed by atoms with Crippen LogP contribution >= 0.6 is 11.3 Å². The molecule has 0 spiro atoms. The third-order valence-electron chi connectivity index (χ3n) is 2.99. The predicted octanol–water partition coefficient (Wildman–Crippen LogP) is 3.31. The molecule has 0 saturated carbocycles. The van der Waals surface area contributed by atoms with E-state index in [0.717, 1.165) is 29.4 Å². The van der Waals surface area contributed by atoms with E-state index in [0.29, 0.717) is 6.04 Å². The normalized spacial score (nSPS) is 11.2. The summed E-state index contributed by atoms with van der Waals surface area (Å²) >= 11 is 1.70. The second kappa shape index (κ2) is 6.78. The lowest BCUT2D eigenvalue weighted by Gasteiger charge is -2.05. The summed E-state index contributed by atoms with van der Waals surface area (Å²) < 4.78 is 0. The number of nitrogens with zero attached hydrogens (tertiary/aromatic N) is 2. The van der Waals surface area contributed by atoms with E-state index in [9.17, 15) is 0 Å². The molecular formula is C15H21N3S. The van der Waals surface area contributed by atoms with Gasteiger partial charge in [-0.3, -0.25) is 0 Å². The minimum Gasteiger partial charge on any atom is -0.314 e. The Balaban J connectivity index is 2.08. The summed E-state index contributed by atoms with van der Waals surface area (Å²) in [6.45, 7) is 7.45. The fraction of sp³-hybridized carbons (Fsp3) is 0.467. The number of hydrogen-bond acceptors (Lipinski definition) is 4. The van der Waals surface area contributed by atoms with Crippen LogP contribution in [0.25, 0.3) is 10.6 Å². The predicted molar refractivity (Wildman–Crippen MR) is 81.6 cm³/mol. The number of rotatable bonds is 6. The van der Waals surface area contributed by atoms with Crippen molar-refractivity contribution in [2.75, 3.05) is 6.54 Å². The first-order valence-electron chi connectivity index (χ1n) is 6.84. The summed E-state index contributed by atoms with van der Waals surface area (Å²) in [7, 11) is 0. The van der Waals surface area contributed by atoms with E-state index in [4.69, 9.17) is 0 Å². The first-order valence-corrected chi connectivity index (χ1v) is 7.66. The first-order chi connectivity index (χ1) is 9.20. The number of benzene rings is 1. The summed E-state index contributed by atoms with van der Waals surface area (Å²) in [4.78, 5) is 0. The third-order valence-corrected chi connectivity index (χ3v) is 4.00. The molecule has 0 saturated heterocycles. The van der Waals surface area contributed by atoms with Crippen LogP contribution < -0.4 is 5.32 Å². The summed E-state index contributed by atoms with van der Waals surface area (Å²) in [5.41, 5.74) is 2.57. The molecule has 0 amide bonds. The number of nitrogens with one attached hydrogen (secondary N) is 1. The molecule has 0 atom stereocenters. The van der Waals surface area contributed by atoms with Crippen molar-refractivity contribution in [1.82, 2.24) is 15.5 Å². The Morgan fingerprint density at radius 1 is 1.21 bits per heavy atom. The average molecular weight is 275 g/mol. The minimum atomic E-state index is 0.521. The van der Waals surface area contributed by atoms with Gasteiger partial charge in [0.15, 0.2) is 0 Å². The average Bonchev–Trinajstić information content (AvgIpc) is 2.87. The van der Waals surface area contributed by atoms with Crippen LogP contribution in [0.5, 0.6) is 0 Å². The molecular weight excluding hydrogens is 254 g/mol. The van der Waals surface area contributed by atoms with Gasteiger partial charge in [0.25, 0.3) is 0 Å². The molecule has 1 aromatic heterocycles. The van der Waals surface area contributed by atoms with Crippen molar-refractivity contribution >= 4 is 11.3 Å². The largest absolute Gasteiger partial charge is 0.314 e. The van der Waals surface area contributed by atoms with Crippen molar-refractivity contribution in [3.63, 3.8) is 0 Å². The molecule has 102 valence electrons. The Hall–Kier alpha value is -1.26. The van der Waals surface area contributed by atoms with Crippen molar-refractivity contribution < 1.29 is 0 Å². The quantitative estimate of drug-likeness (QED) is 0.879. The Morgan fingerprint density at radius 3 is 2.74 bits per heavy atom. The van der Waals surface area contributed by atoms with Crippen LogP contribution in [0.1, 0.15) is 31.3 Å². The molecule has 2 rings (SSSR count). The first kappa shape index (κ1) is 14.2. The topological polar surface area (TPSA) is 37.8 Å². The molecule has 0 radical (unpaired) electrons. The maximum Gasteiger partial charge on any atom is 0.148 e. The van der Waals surface area contributed by atoms with E-state index >= 15 is 0 Å². The van der Waals surface area contributed by atoms with E-state index in [2.05, 4.69) is 60.6 Å². The molecule has 19 heavy (non-hydrogen) atoms. The minimum absolute atomic E-state index is 0.521. The van der Waals surface area contributed by atoms with Gasteiger partial charge in [-0.2, -0.15) is 0 Å². The van der Waals surface area contributed by atoms with Gasteiger partial charge >= 0.3 is 0 Å². The molecule has 2 aromatic rings. The molecule has 1 aromatic carbocycles. The van der Waals surface area contributed by atoms with E-state index in [1.165, 1.54) is 11.1 Å². The van der Waals surface area contributed by atoms with Crippen molar-refractivity contribution in [1.29, 1.82) is 0 Å². The number of hydrogen-bond donors (Lipinski definition) is 1. The summed E-state index contributed by atoms with van der Waals surface area (Å²) in [5, 5.41) is 14.2. The number of aryl methyl sites for hydroxylation is 1. The second-order valence-corrected chi connectivity index (χ2v) is 5.93. The highest BCUT2D eigenvalue weighted by Crippen LogP contribution is 2.27. The van der Waals surface area contributed by atoms with Gasteiger partial charge in [0.2, 0.25) is 0 Å². The number of aromatic nitrogens is 2. The Labute approximate surface area is 119 Å². The molecule has 1 heterocycles. The molecule has 1 N–H and O–H groups in total. The lowest BCUT2D eigenvalue weighted by molar-refractivity contribution is 0.588. The van der Waals surface area contributed by atoms with Gasteiger partial charge in [-0.05, 0) is 12.0 Å². The van der Waals surface area contributed by atoms with Crippen molar-refractivity contribution in [2.45, 2.75) is 39.7 Å². The molecule has 3 nitrogen and oxygen atoms in total. The highest BCUT2D eigenvalue weighted by molar-refractivity contribution is 7.14. The molecule has 0 aliphatic carbocycles. The van der Waals surface area contributed by atoms with Gasteiger partial charge in [-0.15, -0.1) is 10.2 Å². The van der Waals surface area contributed by atoms with Gasteiger partial charge in [0.05, 0.1) is 0 Å². The van der Waals surface area contributed by atoms with E-state index < -0.39 is 0 Å². The van der Waals surface area contributed by atoms with Crippen LogP contribution in [0.15, 0.2) is 24.3 Å². The molecule has 0 fully saturated rings. The molecule has 4 heteroatoms. The lowest BCUT2D eigenvalue weighted by Crippen LogP contribution is -2.24. The highest BCUT2D eigenvalue weighted by Gasteiger charge is 2.09. The SMILES string of the molecule is CCc1ccccc1-c1nnc(CCNC(C)C)s1. The van der Waals surface area contributed by atoms with Gasteiger partial charge in [-0.1, -0.05) is 56.4 Å². The van der Waals surface area contributed by atoms with Crippen molar-refractivity contribution in [3.8, 4) is 10.6 Å². The zero-order chi connectivity index (χ0) is 13.7. The summed E-state index contributed by atoms with van der Waals surface area (Å²) in [6, 6.07) is 8.96. The zero-order valence-corrected chi connectivity index (χ0v) is 12.6. The molecule has 0 unspecified atom stereocenters. The summed E-state index contributed by atoms with van der Waals surface area (Å²) in [5.74, 6) is 0. The highest BCUT2D eigenvalue weighted by atomic mass is 32.1. The Bertz CT molecular complexity index is 520. The molecule has 0 bridgehead atoms. The van der Waals surface area contributed by atoms with Crippen molar-refractivity contribution in [2.24, 2.45) is 0 Å². The lowest BCUT2D eigenvalue weighted by atomic mass is 10.1. The van der Waals surface area contributed by atoms with Crippen LogP contribution in [0.4, 0.5) is 0 Å². The molecule has 0 aliphatic rings. The van der Waals surface area contributed by atoms with Crippen LogP contribution in [0, 0.1) is 0 Å². The van der Waals surface area contributed by atoms with E-state index in [1.54, 1.807) is 11.3 Å². The fourth-order valence-corrected chi connectivity index (χ4v) is 2.87. The van der Waals surface area contributed by atoms with Crippen molar-refractivity contribution in [3.05, 3.63) is 34.8 Å². The zero-order valence-electron chi connectivity index (χ0n) is 11.8. The van der Waals surface area contributed by atoms with Crippen LogP contribution in [0.3, 0.4) is 0 Å². The monoisotopic (exact) mass is 275 g/mol. The van der Waals surface area contributed by atoms with Crippen LogP contribution in [-0.2, 0) is 12.8 Å². The molecule has 0 aliphatic heterocycles. The van der Waals surface area contributed by atoms with Gasteiger partial charge < -0.3 is 5.32 Å². The summed E-state index contributed by atoms with van der Waals surface area (Å²) in [6.07, 6.45) is 1.98. The smallest absolute Gasteiger partial charge is 0.148 e. The van der Waals surface area contributed by atoms with Crippen LogP contribution in [-0.4, -0.2) is 22.8 Å². The third kappa shape index (κ3) is 3.85. The maximum absolute atomic E-state index is 4.33. The van der Waals surface area contributed by atoms with E-state index in [-0.39, 0.29) is 0 Å². The van der Waals surface area contributed by atoms with Crippen LogP contribution in [0.2, 0.25) is 0 Å². The second-order valence-electron chi connectivity index (χ2n) is 4.87. The Kier molecular flexibility index (Phi) is 5.05. The standard InChI is InChI=1S/C15H21N3S/c1-4-12-7-5-6-8-13(12)15-18-17-14(19-15)9-10-16-11(2)3/h5-8,11,16H,4,9-10H2,1-3H3. The van der Waals surface area contributed by atoms with Gasteiger partial charge in [0.1, 0.15) is 10.0 Å². The Morgan fingerprint density at radius 2 is 2.00 bits per heavy atom. The fourth-order valence-electron chi connectivity index (χ4n) is 1.97.